The van der Waals surface area contributed by atoms with Crippen LogP contribution in [0, 0.1) is 0 Å². The summed E-state index contributed by atoms with van der Waals surface area (Å²) in [6.45, 7) is 2.24. The number of unbranched alkanes of at least 4 members (excludes halogenated alkanes) is 5. The van der Waals surface area contributed by atoms with Crippen LogP contribution < -0.4 is 0 Å². The number of hydrogen-bond acceptors (Lipinski definition) is 0. The van der Waals surface area contributed by atoms with Gasteiger partial charge >= 0.3 is 0 Å². The van der Waals surface area contributed by atoms with Crippen LogP contribution in [0.2, 0.25) is 0 Å². The third-order valence-corrected chi connectivity index (χ3v) is 1.79. The number of hydrogen-bond donors (Lipinski definition) is 0. The van der Waals surface area contributed by atoms with Gasteiger partial charge in [0.15, 0.2) is 0 Å². The first-order chi connectivity index (χ1) is 4.41. The van der Waals surface area contributed by atoms with Gasteiger partial charge in [0.25, 0.3) is 0 Å². The van der Waals surface area contributed by atoms with Crippen molar-refractivity contribution >= 4 is 36.5 Å². The molecule has 0 aromatic rings. The average molecular weight is 264 g/mol. The minimum Gasteiger partial charge on any atom is -0.0942 e. The molecule has 0 rings (SSSR count). The maximum Gasteiger partial charge on any atom is 0.00369 e. The summed E-state index contributed by atoms with van der Waals surface area (Å²) >= 11 is 4.83. The predicted octanol–water partition coefficient (Wildman–Crippen LogP) is 3.16. The van der Waals surface area contributed by atoms with Crippen molar-refractivity contribution in [1.29, 1.82) is 0 Å². The topological polar surface area (TPSA) is 0 Å². The van der Waals surface area contributed by atoms with Gasteiger partial charge in [-0.3, -0.25) is 0 Å². The second-order valence-electron chi connectivity index (χ2n) is 2.47. The summed E-state index contributed by atoms with van der Waals surface area (Å²) in [4.78, 5) is 0. The van der Waals surface area contributed by atoms with E-state index in [2.05, 4.69) is 6.92 Å². The molecule has 0 aromatic carbocycles. The van der Waals surface area contributed by atoms with Crippen LogP contribution in [0.15, 0.2) is 0 Å². The molecule has 0 amide bonds. The summed E-state index contributed by atoms with van der Waals surface area (Å²) in [7, 11) is 0. The normalized spacial score (nSPS) is 9.00. The molecule has 0 N–H and O–H groups in total. The summed E-state index contributed by atoms with van der Waals surface area (Å²) < 4.78 is 0. The van der Waals surface area contributed by atoms with Gasteiger partial charge in [-0.05, 0) is 6.42 Å². The van der Waals surface area contributed by atoms with Crippen LogP contribution in [0.1, 0.15) is 45.4 Å². The van der Waals surface area contributed by atoms with Crippen molar-refractivity contribution in [3.05, 3.63) is 0 Å². The van der Waals surface area contributed by atoms with Crippen molar-refractivity contribution in [2.24, 2.45) is 0 Å². The fourth-order valence-electron chi connectivity index (χ4n) is 0.882. The smallest absolute Gasteiger partial charge is 0.00369 e. The standard InChI is InChI=1S/C8H17S.Sn/c1-2-3-4-5-6-7-8-9;/h2-8H2,1H3;. The van der Waals surface area contributed by atoms with Crippen molar-refractivity contribution in [3.63, 3.8) is 0 Å². The molecule has 2 heteroatoms. The molecule has 59 valence electrons. The van der Waals surface area contributed by atoms with Gasteiger partial charge in [0.2, 0.25) is 0 Å². The third kappa shape index (κ3) is 11.9. The molecule has 0 bridgehead atoms. The fraction of sp³-hybridized carbons (Fsp3) is 1.00. The van der Waals surface area contributed by atoms with Gasteiger partial charge in [0, 0.05) is 29.7 Å². The molecular weight excluding hydrogens is 247 g/mol. The van der Waals surface area contributed by atoms with E-state index in [1.165, 1.54) is 38.5 Å². The molecule has 0 saturated heterocycles. The van der Waals surface area contributed by atoms with Crippen LogP contribution in [0.25, 0.3) is 0 Å². The van der Waals surface area contributed by atoms with Gasteiger partial charge < -0.3 is 0 Å². The Bertz CT molecular complexity index is 42.5. The zero-order chi connectivity index (χ0) is 6.95. The molecule has 5 radical (unpaired) electrons. The Kier molecular flexibility index (Phi) is 17.6. The van der Waals surface area contributed by atoms with Gasteiger partial charge in [-0.2, -0.15) is 0 Å². The van der Waals surface area contributed by atoms with Gasteiger partial charge in [0.1, 0.15) is 0 Å². The molecule has 0 heterocycles. The fourth-order valence-corrected chi connectivity index (χ4v) is 1.09. The maximum atomic E-state index is 4.83. The summed E-state index contributed by atoms with van der Waals surface area (Å²) in [5, 5.41) is 0. The van der Waals surface area contributed by atoms with Crippen molar-refractivity contribution in [2.75, 3.05) is 5.75 Å². The number of rotatable bonds is 6. The molecule has 10 heavy (non-hydrogen) atoms. The van der Waals surface area contributed by atoms with E-state index >= 15 is 0 Å². The molecule has 0 atom stereocenters. The molecule has 0 spiro atoms. The van der Waals surface area contributed by atoms with Crippen molar-refractivity contribution in [1.82, 2.24) is 0 Å². The van der Waals surface area contributed by atoms with E-state index in [-0.39, 0.29) is 23.9 Å². The van der Waals surface area contributed by atoms with Crippen LogP contribution in [0.3, 0.4) is 0 Å². The Labute approximate surface area is 87.5 Å². The Hall–Kier alpha value is 1.15. The van der Waals surface area contributed by atoms with Crippen molar-refractivity contribution in [3.8, 4) is 0 Å². The van der Waals surface area contributed by atoms with Crippen molar-refractivity contribution in [2.45, 2.75) is 45.4 Å². The van der Waals surface area contributed by atoms with E-state index in [0.29, 0.717) is 0 Å². The predicted molar refractivity (Wildman–Crippen MR) is 51.6 cm³/mol. The second-order valence-corrected chi connectivity index (χ2v) is 2.88. The zero-order valence-electron chi connectivity index (χ0n) is 6.86. The van der Waals surface area contributed by atoms with E-state index < -0.39 is 0 Å². The Balaban J connectivity index is 0. The van der Waals surface area contributed by atoms with E-state index in [1.807, 2.05) is 0 Å². The Morgan fingerprint density at radius 2 is 1.40 bits per heavy atom. The van der Waals surface area contributed by atoms with Crippen LogP contribution in [0.5, 0.6) is 0 Å². The molecule has 0 nitrogen and oxygen atoms in total. The Morgan fingerprint density at radius 3 is 1.90 bits per heavy atom. The monoisotopic (exact) mass is 265 g/mol. The largest absolute Gasteiger partial charge is 0.0942 e. The van der Waals surface area contributed by atoms with Crippen LogP contribution in [-0.4, -0.2) is 29.7 Å². The van der Waals surface area contributed by atoms with Crippen LogP contribution in [-0.2, 0) is 0 Å². The summed E-state index contributed by atoms with van der Waals surface area (Å²) in [5.41, 5.74) is 0. The first kappa shape index (κ1) is 13.7. The summed E-state index contributed by atoms with van der Waals surface area (Å²) in [6.07, 6.45) is 8.14. The minimum atomic E-state index is 0. The van der Waals surface area contributed by atoms with E-state index in [9.17, 15) is 0 Å². The molecule has 0 aliphatic carbocycles. The maximum absolute atomic E-state index is 4.83. The summed E-state index contributed by atoms with van der Waals surface area (Å²) in [5.74, 6) is 0.951. The van der Waals surface area contributed by atoms with E-state index in [1.54, 1.807) is 0 Å². The first-order valence-electron chi connectivity index (χ1n) is 4.00. The molecular formula is C8H17SSn. The van der Waals surface area contributed by atoms with Gasteiger partial charge in [-0.15, -0.1) is 0 Å². The summed E-state index contributed by atoms with van der Waals surface area (Å²) in [6, 6.07) is 0. The first-order valence-corrected chi connectivity index (χ1v) is 4.57. The molecule has 0 fully saturated rings. The average Bonchev–Trinajstić information content (AvgIpc) is 1.89. The van der Waals surface area contributed by atoms with Gasteiger partial charge in [-0.25, -0.2) is 0 Å². The third-order valence-electron chi connectivity index (χ3n) is 1.50. The molecule has 0 aliphatic rings. The SMILES string of the molecule is CCCCCCCC[S].[Sn]. The molecule has 0 aliphatic heterocycles. The molecule has 0 unspecified atom stereocenters. The van der Waals surface area contributed by atoms with Gasteiger partial charge in [-0.1, -0.05) is 51.7 Å². The molecule has 0 saturated carbocycles. The zero-order valence-corrected chi connectivity index (χ0v) is 10.5. The minimum absolute atomic E-state index is 0. The molecule has 0 aromatic heterocycles. The van der Waals surface area contributed by atoms with Crippen molar-refractivity contribution < 1.29 is 0 Å². The van der Waals surface area contributed by atoms with Crippen LogP contribution in [0.4, 0.5) is 0 Å². The van der Waals surface area contributed by atoms with Crippen LogP contribution >= 0.6 is 12.6 Å². The van der Waals surface area contributed by atoms with E-state index in [0.717, 1.165) is 5.75 Å². The van der Waals surface area contributed by atoms with Gasteiger partial charge in [0.05, 0.1) is 0 Å². The second kappa shape index (κ2) is 12.8. The van der Waals surface area contributed by atoms with E-state index in [4.69, 9.17) is 12.6 Å². The Morgan fingerprint density at radius 1 is 0.900 bits per heavy atom. The quantitative estimate of drug-likeness (QED) is 0.510.